The smallest absolute Gasteiger partial charge is 0.242 e. The first-order valence-corrected chi connectivity index (χ1v) is 13.6. The number of hydrogen-bond acceptors (Lipinski definition) is 6. The molecule has 4 aromatic carbocycles. The fraction of sp³-hybridized carbons (Fsp3) is 0.194. The lowest BCUT2D eigenvalue weighted by atomic mass is 10.1. The monoisotopic (exact) mass is 537 g/mol. The molecular weight excluding hydrogens is 510 g/mol. The van der Waals surface area contributed by atoms with Gasteiger partial charge in [-0.2, -0.15) is 0 Å². The van der Waals surface area contributed by atoms with Gasteiger partial charge < -0.3 is 14.8 Å². The van der Waals surface area contributed by atoms with Crippen LogP contribution in [0.5, 0.6) is 11.5 Å². The summed E-state index contributed by atoms with van der Waals surface area (Å²) in [6, 6.07) is 25.4. The number of carbonyl (C=O) groups is 2. The first-order valence-electron chi connectivity index (χ1n) is 12.7. The summed E-state index contributed by atoms with van der Waals surface area (Å²) in [7, 11) is 0. The normalized spacial score (nSPS) is 17.3. The van der Waals surface area contributed by atoms with Gasteiger partial charge in [0.1, 0.15) is 5.25 Å². The van der Waals surface area contributed by atoms with Crippen LogP contribution in [0.25, 0.3) is 10.8 Å². The van der Waals surface area contributed by atoms with Crippen LogP contribution in [0.4, 0.5) is 11.4 Å². The van der Waals surface area contributed by atoms with Crippen LogP contribution in [0, 0.1) is 13.8 Å². The Hall–Kier alpha value is -4.30. The van der Waals surface area contributed by atoms with Crippen LogP contribution in [0.3, 0.4) is 0 Å². The number of fused-ring (bicyclic) bond motifs is 2. The molecule has 0 spiro atoms. The van der Waals surface area contributed by atoms with E-state index in [0.29, 0.717) is 23.2 Å². The number of hydrogen-bond donors (Lipinski definition) is 1. The van der Waals surface area contributed by atoms with E-state index < -0.39 is 5.25 Å². The van der Waals surface area contributed by atoms with Crippen LogP contribution in [-0.4, -0.2) is 33.9 Å². The van der Waals surface area contributed by atoms with E-state index in [1.807, 2.05) is 86.6 Å². The molecule has 0 bridgehead atoms. The summed E-state index contributed by atoms with van der Waals surface area (Å²) in [6.07, 6.45) is 0.0380. The number of carbonyl (C=O) groups excluding carboxylic acids is 2. The van der Waals surface area contributed by atoms with Gasteiger partial charge in [0.05, 0.1) is 12.2 Å². The molecule has 2 heterocycles. The summed E-state index contributed by atoms with van der Waals surface area (Å²) in [5, 5.41) is 5.00. The highest BCUT2D eigenvalue weighted by molar-refractivity contribution is 8.15. The number of aryl methyl sites for hydroxylation is 2. The second-order valence-electron chi connectivity index (χ2n) is 9.68. The van der Waals surface area contributed by atoms with E-state index >= 15 is 0 Å². The van der Waals surface area contributed by atoms with E-state index in [0.717, 1.165) is 38.8 Å². The fourth-order valence-electron chi connectivity index (χ4n) is 4.83. The molecule has 196 valence electrons. The number of rotatable bonds is 6. The topological polar surface area (TPSA) is 80.2 Å². The third-order valence-corrected chi connectivity index (χ3v) is 7.98. The molecule has 2 amide bonds. The summed E-state index contributed by atoms with van der Waals surface area (Å²) in [6.45, 7) is 4.54. The maximum atomic E-state index is 13.7. The molecule has 39 heavy (non-hydrogen) atoms. The van der Waals surface area contributed by atoms with Gasteiger partial charge in [-0.15, -0.1) is 0 Å². The zero-order valence-electron chi connectivity index (χ0n) is 21.6. The Morgan fingerprint density at radius 3 is 2.69 bits per heavy atom. The Morgan fingerprint density at radius 2 is 1.82 bits per heavy atom. The quantitative estimate of drug-likeness (QED) is 0.310. The summed E-state index contributed by atoms with van der Waals surface area (Å²) < 4.78 is 11.0. The second-order valence-corrected chi connectivity index (χ2v) is 10.9. The first-order chi connectivity index (χ1) is 18.9. The molecule has 0 aromatic heterocycles. The van der Waals surface area contributed by atoms with Gasteiger partial charge in [0.2, 0.25) is 18.6 Å². The number of thioether (sulfide) groups is 1. The zero-order chi connectivity index (χ0) is 26.9. The number of aliphatic imine (C=N–C) groups is 1. The van der Waals surface area contributed by atoms with Gasteiger partial charge in [0.15, 0.2) is 16.7 Å². The lowest BCUT2D eigenvalue weighted by molar-refractivity contribution is -0.128. The summed E-state index contributed by atoms with van der Waals surface area (Å²) >= 11 is 1.33. The van der Waals surface area contributed by atoms with Crippen LogP contribution in [0.2, 0.25) is 0 Å². The van der Waals surface area contributed by atoms with Gasteiger partial charge in [-0.25, -0.2) is 4.99 Å². The van der Waals surface area contributed by atoms with Crippen LogP contribution >= 0.6 is 11.8 Å². The van der Waals surface area contributed by atoms with Gasteiger partial charge in [-0.1, -0.05) is 71.9 Å². The summed E-state index contributed by atoms with van der Waals surface area (Å²) in [5.74, 6) is 0.987. The summed E-state index contributed by atoms with van der Waals surface area (Å²) in [5.41, 5.74) is 4.59. The van der Waals surface area contributed by atoms with Gasteiger partial charge >= 0.3 is 0 Å². The minimum absolute atomic E-state index is 0.0380. The average molecular weight is 538 g/mol. The van der Waals surface area contributed by atoms with Crippen molar-refractivity contribution >= 4 is 50.9 Å². The molecule has 0 unspecified atom stereocenters. The largest absolute Gasteiger partial charge is 0.454 e. The van der Waals surface area contributed by atoms with E-state index in [1.165, 1.54) is 11.8 Å². The fourth-order valence-corrected chi connectivity index (χ4v) is 5.98. The Labute approximate surface area is 230 Å². The Morgan fingerprint density at radius 1 is 1.00 bits per heavy atom. The molecular formula is C31H27N3O4S. The lowest BCUT2D eigenvalue weighted by Gasteiger charge is -2.17. The van der Waals surface area contributed by atoms with Crippen LogP contribution in [0.15, 0.2) is 83.9 Å². The number of amides is 2. The van der Waals surface area contributed by atoms with Crippen molar-refractivity contribution in [3.05, 3.63) is 95.6 Å². The Kier molecular flexibility index (Phi) is 6.70. The molecule has 1 atom stereocenters. The zero-order valence-corrected chi connectivity index (χ0v) is 22.5. The van der Waals surface area contributed by atoms with Crippen molar-refractivity contribution in [1.82, 2.24) is 4.90 Å². The third kappa shape index (κ3) is 5.20. The van der Waals surface area contributed by atoms with Crippen molar-refractivity contribution in [1.29, 1.82) is 0 Å². The third-order valence-electron chi connectivity index (χ3n) is 6.80. The maximum Gasteiger partial charge on any atom is 0.242 e. The summed E-state index contributed by atoms with van der Waals surface area (Å²) in [4.78, 5) is 33.4. The molecule has 6 rings (SSSR count). The number of ether oxygens (including phenoxy) is 2. The molecule has 2 aliphatic rings. The predicted octanol–water partition coefficient (Wildman–Crippen LogP) is 6.35. The number of nitrogens with zero attached hydrogens (tertiary/aromatic N) is 2. The molecule has 1 fully saturated rings. The number of nitrogens with one attached hydrogen (secondary N) is 1. The minimum atomic E-state index is -0.585. The molecule has 7 nitrogen and oxygen atoms in total. The van der Waals surface area contributed by atoms with Gasteiger partial charge in [0, 0.05) is 17.5 Å². The minimum Gasteiger partial charge on any atom is -0.454 e. The molecule has 0 saturated carbocycles. The molecule has 2 aliphatic heterocycles. The molecule has 1 N–H and O–H groups in total. The van der Waals surface area contributed by atoms with Crippen molar-refractivity contribution in [2.45, 2.75) is 32.1 Å². The molecule has 8 heteroatoms. The lowest BCUT2D eigenvalue weighted by Crippen LogP contribution is -2.33. The number of anilines is 1. The van der Waals surface area contributed by atoms with Crippen LogP contribution < -0.4 is 14.8 Å². The highest BCUT2D eigenvalue weighted by Gasteiger charge is 2.39. The number of benzene rings is 4. The Balaban J connectivity index is 1.26. The van der Waals surface area contributed by atoms with Crippen molar-refractivity contribution in [3.8, 4) is 11.5 Å². The molecule has 0 radical (unpaired) electrons. The highest BCUT2D eigenvalue weighted by Crippen LogP contribution is 2.37. The average Bonchev–Trinajstić information content (AvgIpc) is 3.50. The predicted molar refractivity (Wildman–Crippen MR) is 155 cm³/mol. The van der Waals surface area contributed by atoms with Crippen LogP contribution in [-0.2, 0) is 16.1 Å². The SMILES string of the molecule is Cc1ccc(N=C2S[C@@H](CC(=O)Nc3cccc4ccccc34)C(=O)N2Cc2ccc3c(c2)OCO3)c(C)c1. The first kappa shape index (κ1) is 25.0. The van der Waals surface area contributed by atoms with Gasteiger partial charge in [0.25, 0.3) is 0 Å². The molecule has 1 saturated heterocycles. The van der Waals surface area contributed by atoms with E-state index in [9.17, 15) is 9.59 Å². The van der Waals surface area contributed by atoms with Crippen LogP contribution in [0.1, 0.15) is 23.1 Å². The maximum absolute atomic E-state index is 13.7. The van der Waals surface area contributed by atoms with Gasteiger partial charge in [-0.05, 0) is 54.6 Å². The molecule has 0 aliphatic carbocycles. The van der Waals surface area contributed by atoms with Crippen molar-refractivity contribution in [2.75, 3.05) is 12.1 Å². The molecule has 4 aromatic rings. The van der Waals surface area contributed by atoms with E-state index in [2.05, 4.69) is 11.4 Å². The van der Waals surface area contributed by atoms with Crippen molar-refractivity contribution in [2.24, 2.45) is 4.99 Å². The highest BCUT2D eigenvalue weighted by atomic mass is 32.2. The number of amidine groups is 1. The van der Waals surface area contributed by atoms with Crippen molar-refractivity contribution in [3.63, 3.8) is 0 Å². The Bertz CT molecular complexity index is 1630. The standard InChI is InChI=1S/C31H27N3O4S/c1-19-10-12-24(20(2)14-19)33-31-34(17-21-11-13-26-27(15-21)38-18-37-26)30(36)28(39-31)16-29(35)32-25-9-5-7-22-6-3-4-8-23(22)25/h3-15,28H,16-18H2,1-2H3,(H,32,35)/t28-/m0/s1. The van der Waals surface area contributed by atoms with E-state index in [4.69, 9.17) is 14.5 Å². The van der Waals surface area contributed by atoms with E-state index in [-0.39, 0.29) is 25.0 Å². The second kappa shape index (κ2) is 10.5. The van der Waals surface area contributed by atoms with Crippen molar-refractivity contribution < 1.29 is 19.1 Å². The van der Waals surface area contributed by atoms with E-state index in [1.54, 1.807) is 4.90 Å². The van der Waals surface area contributed by atoms with Gasteiger partial charge in [-0.3, -0.25) is 14.5 Å².